The Labute approximate surface area is 92.0 Å². The first-order chi connectivity index (χ1) is 6.15. The standard InChI is InChI=1S/C11H24BrN/c1-5-7-11(8-12)9-13(6-2)10(3)4/h10-11H,5-9H2,1-4H3. The minimum Gasteiger partial charge on any atom is -0.301 e. The molecule has 0 fully saturated rings. The maximum atomic E-state index is 3.60. The lowest BCUT2D eigenvalue weighted by atomic mass is 10.1. The van der Waals surface area contributed by atoms with E-state index in [1.807, 2.05) is 0 Å². The van der Waals surface area contributed by atoms with Gasteiger partial charge in [-0.05, 0) is 32.7 Å². The van der Waals surface area contributed by atoms with Crippen molar-refractivity contribution >= 4 is 15.9 Å². The summed E-state index contributed by atoms with van der Waals surface area (Å²) in [5.74, 6) is 0.826. The predicted octanol–water partition coefficient (Wildman–Crippen LogP) is 3.53. The quantitative estimate of drug-likeness (QED) is 0.625. The molecule has 0 aromatic carbocycles. The van der Waals surface area contributed by atoms with Gasteiger partial charge in [0.2, 0.25) is 0 Å². The van der Waals surface area contributed by atoms with Crippen molar-refractivity contribution in [2.45, 2.75) is 46.6 Å². The van der Waals surface area contributed by atoms with Gasteiger partial charge in [-0.25, -0.2) is 0 Å². The number of nitrogens with zero attached hydrogens (tertiary/aromatic N) is 1. The molecule has 80 valence electrons. The first-order valence-corrected chi connectivity index (χ1v) is 6.57. The molecule has 1 unspecified atom stereocenters. The second-order valence-corrected chi connectivity index (χ2v) is 4.64. The largest absolute Gasteiger partial charge is 0.301 e. The van der Waals surface area contributed by atoms with Crippen molar-refractivity contribution in [1.29, 1.82) is 0 Å². The molecule has 0 amide bonds. The van der Waals surface area contributed by atoms with Crippen molar-refractivity contribution in [1.82, 2.24) is 4.90 Å². The van der Waals surface area contributed by atoms with E-state index in [1.165, 1.54) is 25.9 Å². The number of halogens is 1. The highest BCUT2D eigenvalue weighted by molar-refractivity contribution is 9.09. The van der Waals surface area contributed by atoms with Gasteiger partial charge in [0.05, 0.1) is 0 Å². The van der Waals surface area contributed by atoms with E-state index in [0.717, 1.165) is 11.2 Å². The van der Waals surface area contributed by atoms with Gasteiger partial charge < -0.3 is 4.90 Å². The maximum absolute atomic E-state index is 3.60. The van der Waals surface area contributed by atoms with Crippen LogP contribution in [0.2, 0.25) is 0 Å². The SMILES string of the molecule is CCCC(CBr)CN(CC)C(C)C. The van der Waals surface area contributed by atoms with E-state index in [-0.39, 0.29) is 0 Å². The fourth-order valence-electron chi connectivity index (χ4n) is 1.66. The molecule has 0 bridgehead atoms. The van der Waals surface area contributed by atoms with E-state index < -0.39 is 0 Å². The molecule has 0 aliphatic rings. The van der Waals surface area contributed by atoms with Crippen LogP contribution >= 0.6 is 15.9 Å². The van der Waals surface area contributed by atoms with Crippen molar-refractivity contribution < 1.29 is 0 Å². The average molecular weight is 250 g/mol. The highest BCUT2D eigenvalue weighted by Gasteiger charge is 2.13. The molecule has 0 heterocycles. The third-order valence-corrected chi connectivity index (χ3v) is 3.46. The van der Waals surface area contributed by atoms with E-state index in [9.17, 15) is 0 Å². The zero-order chi connectivity index (χ0) is 10.3. The molecular weight excluding hydrogens is 226 g/mol. The van der Waals surface area contributed by atoms with Crippen molar-refractivity contribution in [2.24, 2.45) is 5.92 Å². The molecule has 0 aliphatic carbocycles. The molecule has 13 heavy (non-hydrogen) atoms. The molecule has 0 aromatic heterocycles. The van der Waals surface area contributed by atoms with Crippen LogP contribution in [0.4, 0.5) is 0 Å². The smallest absolute Gasteiger partial charge is 0.00718 e. The van der Waals surface area contributed by atoms with Gasteiger partial charge in [0.15, 0.2) is 0 Å². The van der Waals surface area contributed by atoms with Gasteiger partial charge in [0, 0.05) is 17.9 Å². The molecule has 0 N–H and O–H groups in total. The van der Waals surface area contributed by atoms with E-state index in [4.69, 9.17) is 0 Å². The Kier molecular flexibility index (Phi) is 8.07. The first kappa shape index (κ1) is 13.4. The van der Waals surface area contributed by atoms with Crippen LogP contribution in [0.15, 0.2) is 0 Å². The fraction of sp³-hybridized carbons (Fsp3) is 1.00. The van der Waals surface area contributed by atoms with E-state index in [2.05, 4.69) is 48.5 Å². The third kappa shape index (κ3) is 5.69. The summed E-state index contributed by atoms with van der Waals surface area (Å²) in [7, 11) is 0. The highest BCUT2D eigenvalue weighted by Crippen LogP contribution is 2.13. The van der Waals surface area contributed by atoms with Crippen LogP contribution in [0.5, 0.6) is 0 Å². The van der Waals surface area contributed by atoms with Gasteiger partial charge in [0.1, 0.15) is 0 Å². The summed E-state index contributed by atoms with van der Waals surface area (Å²) in [6.07, 6.45) is 2.64. The second-order valence-electron chi connectivity index (χ2n) is 3.99. The van der Waals surface area contributed by atoms with Gasteiger partial charge in [0.25, 0.3) is 0 Å². The molecular formula is C11H24BrN. The van der Waals surface area contributed by atoms with Crippen molar-refractivity contribution in [3.8, 4) is 0 Å². The van der Waals surface area contributed by atoms with Gasteiger partial charge in [-0.1, -0.05) is 36.2 Å². The van der Waals surface area contributed by atoms with Crippen LogP contribution in [0, 0.1) is 5.92 Å². The Balaban J connectivity index is 3.87. The zero-order valence-corrected chi connectivity index (χ0v) is 11.1. The Morgan fingerprint density at radius 1 is 1.23 bits per heavy atom. The zero-order valence-electron chi connectivity index (χ0n) is 9.52. The van der Waals surface area contributed by atoms with Crippen LogP contribution in [0.1, 0.15) is 40.5 Å². The Morgan fingerprint density at radius 2 is 1.85 bits per heavy atom. The van der Waals surface area contributed by atoms with E-state index in [0.29, 0.717) is 6.04 Å². The third-order valence-electron chi connectivity index (χ3n) is 2.54. The number of hydrogen-bond acceptors (Lipinski definition) is 1. The highest BCUT2D eigenvalue weighted by atomic mass is 79.9. The van der Waals surface area contributed by atoms with Crippen LogP contribution < -0.4 is 0 Å². The van der Waals surface area contributed by atoms with Gasteiger partial charge in [-0.15, -0.1) is 0 Å². The Hall–Kier alpha value is 0.440. The van der Waals surface area contributed by atoms with Gasteiger partial charge in [-0.2, -0.15) is 0 Å². The number of alkyl halides is 1. The monoisotopic (exact) mass is 249 g/mol. The minimum absolute atomic E-state index is 0.684. The molecule has 0 spiro atoms. The number of hydrogen-bond donors (Lipinski definition) is 0. The molecule has 2 heteroatoms. The lowest BCUT2D eigenvalue weighted by Gasteiger charge is -2.28. The summed E-state index contributed by atoms with van der Waals surface area (Å²) < 4.78 is 0. The summed E-state index contributed by atoms with van der Waals surface area (Å²) in [5.41, 5.74) is 0. The Bertz CT molecular complexity index is 115. The van der Waals surface area contributed by atoms with Gasteiger partial charge >= 0.3 is 0 Å². The summed E-state index contributed by atoms with van der Waals surface area (Å²) >= 11 is 3.60. The number of rotatable bonds is 7. The first-order valence-electron chi connectivity index (χ1n) is 5.45. The summed E-state index contributed by atoms with van der Waals surface area (Å²) in [6.45, 7) is 11.5. The summed E-state index contributed by atoms with van der Waals surface area (Å²) in [5, 5.41) is 1.14. The molecule has 1 atom stereocenters. The lowest BCUT2D eigenvalue weighted by Crippen LogP contribution is -2.35. The average Bonchev–Trinajstić information content (AvgIpc) is 2.11. The molecule has 0 radical (unpaired) electrons. The molecule has 0 aromatic rings. The molecule has 0 aliphatic heterocycles. The molecule has 0 rings (SSSR count). The normalized spacial score (nSPS) is 14.1. The summed E-state index contributed by atoms with van der Waals surface area (Å²) in [6, 6.07) is 0.684. The van der Waals surface area contributed by atoms with Crippen molar-refractivity contribution in [2.75, 3.05) is 18.4 Å². The summed E-state index contributed by atoms with van der Waals surface area (Å²) in [4.78, 5) is 2.54. The predicted molar refractivity (Wildman–Crippen MR) is 64.6 cm³/mol. The fourth-order valence-corrected chi connectivity index (χ4v) is 2.19. The van der Waals surface area contributed by atoms with E-state index in [1.54, 1.807) is 0 Å². The lowest BCUT2D eigenvalue weighted by molar-refractivity contribution is 0.200. The Morgan fingerprint density at radius 3 is 2.15 bits per heavy atom. The van der Waals surface area contributed by atoms with Gasteiger partial charge in [-0.3, -0.25) is 0 Å². The topological polar surface area (TPSA) is 3.24 Å². The van der Waals surface area contributed by atoms with E-state index >= 15 is 0 Å². The maximum Gasteiger partial charge on any atom is 0.00718 e. The van der Waals surface area contributed by atoms with Crippen LogP contribution in [0.25, 0.3) is 0 Å². The molecule has 0 saturated heterocycles. The molecule has 1 nitrogen and oxygen atoms in total. The minimum atomic E-state index is 0.684. The van der Waals surface area contributed by atoms with Crippen molar-refractivity contribution in [3.63, 3.8) is 0 Å². The van der Waals surface area contributed by atoms with Crippen LogP contribution in [-0.2, 0) is 0 Å². The van der Waals surface area contributed by atoms with Crippen LogP contribution in [-0.4, -0.2) is 29.4 Å². The van der Waals surface area contributed by atoms with Crippen LogP contribution in [0.3, 0.4) is 0 Å². The molecule has 0 saturated carbocycles. The second kappa shape index (κ2) is 7.81. The van der Waals surface area contributed by atoms with Crippen molar-refractivity contribution in [3.05, 3.63) is 0 Å².